The summed E-state index contributed by atoms with van der Waals surface area (Å²) in [5.74, 6) is -1.45. The van der Waals surface area contributed by atoms with Gasteiger partial charge in [0.1, 0.15) is 12.1 Å². The van der Waals surface area contributed by atoms with Crippen molar-refractivity contribution >= 4 is 28.8 Å². The number of primary amides is 1. The maximum absolute atomic E-state index is 15.0. The highest BCUT2D eigenvalue weighted by molar-refractivity contribution is 5.96. The van der Waals surface area contributed by atoms with Gasteiger partial charge >= 0.3 is 11.8 Å². The predicted molar refractivity (Wildman–Crippen MR) is 94.6 cm³/mol. The van der Waals surface area contributed by atoms with Crippen LogP contribution in [0.4, 0.5) is 14.9 Å². The summed E-state index contributed by atoms with van der Waals surface area (Å²) in [4.78, 5) is 29.3. The van der Waals surface area contributed by atoms with Crippen molar-refractivity contribution in [2.45, 2.75) is 32.4 Å². The van der Waals surface area contributed by atoms with Crippen molar-refractivity contribution in [3.63, 3.8) is 0 Å². The number of benzene rings is 1. The minimum absolute atomic E-state index is 0.00832. The second-order valence-electron chi connectivity index (χ2n) is 7.20. The molecule has 2 aromatic rings. The maximum atomic E-state index is 15.0. The average molecular weight is 396 g/mol. The first-order valence-electron chi connectivity index (χ1n) is 8.53. The molecule has 3 rings (SSSR count). The van der Waals surface area contributed by atoms with E-state index in [4.69, 9.17) is 24.8 Å². The van der Waals surface area contributed by atoms with E-state index in [0.29, 0.717) is 0 Å². The minimum Gasteiger partial charge on any atom is -0.434 e. The van der Waals surface area contributed by atoms with Gasteiger partial charge in [-0.3, -0.25) is 14.3 Å². The lowest BCUT2D eigenvalue weighted by molar-refractivity contribution is -0.124. The first-order valence-corrected chi connectivity index (χ1v) is 8.53. The molecule has 28 heavy (non-hydrogen) atoms. The van der Waals surface area contributed by atoms with Gasteiger partial charge in [0.25, 0.3) is 5.91 Å². The molecule has 152 valence electrons. The van der Waals surface area contributed by atoms with Crippen molar-refractivity contribution in [2.75, 3.05) is 24.7 Å². The van der Waals surface area contributed by atoms with E-state index in [2.05, 4.69) is 5.16 Å². The lowest BCUT2D eigenvalue weighted by Gasteiger charge is -2.21. The number of hydrogen-bond donors (Lipinski definition) is 2. The standard InChI is InChI=1S/C17H21FN4O6/c1-17(2,3)22-13-10(18)6-9(21-8-12(14(19)24)28-16(21)25)7-11(13)27-15(22)20-26-5-4-23/h6-7,12,23H,4-5,8H2,1-3H3,(H2,19,24)/t12-/m1/s1. The summed E-state index contributed by atoms with van der Waals surface area (Å²) in [5, 5.41) is 12.7. The van der Waals surface area contributed by atoms with Crippen LogP contribution in [0.25, 0.3) is 11.1 Å². The summed E-state index contributed by atoms with van der Waals surface area (Å²) < 4.78 is 27.0. The SMILES string of the molecule is CC(C)(C)n1c(=NOCCO)oc2cc(N3C[C@H](C(N)=O)OC3=O)cc(F)c21. The lowest BCUT2D eigenvalue weighted by atomic mass is 10.1. The predicted octanol–water partition coefficient (Wildman–Crippen LogP) is 0.763. The molecule has 0 saturated carbocycles. The van der Waals surface area contributed by atoms with Crippen molar-refractivity contribution in [1.82, 2.24) is 4.57 Å². The van der Waals surface area contributed by atoms with E-state index in [9.17, 15) is 9.59 Å². The summed E-state index contributed by atoms with van der Waals surface area (Å²) in [5.41, 5.74) is 4.94. The van der Waals surface area contributed by atoms with Crippen LogP contribution >= 0.6 is 0 Å². The van der Waals surface area contributed by atoms with Crippen LogP contribution in [0, 0.1) is 5.82 Å². The monoisotopic (exact) mass is 396 g/mol. The van der Waals surface area contributed by atoms with E-state index in [0.717, 1.165) is 11.0 Å². The molecule has 0 unspecified atom stereocenters. The second kappa shape index (κ2) is 7.15. The highest BCUT2D eigenvalue weighted by Gasteiger charge is 2.36. The molecule has 1 aliphatic rings. The van der Waals surface area contributed by atoms with E-state index in [1.807, 2.05) is 20.8 Å². The molecule has 1 saturated heterocycles. The minimum atomic E-state index is -1.11. The molecule has 0 radical (unpaired) electrons. The first kappa shape index (κ1) is 19.7. The quantitative estimate of drug-likeness (QED) is 0.566. The molecule has 1 aromatic carbocycles. The van der Waals surface area contributed by atoms with E-state index in [-0.39, 0.29) is 42.2 Å². The van der Waals surface area contributed by atoms with Crippen molar-refractivity contribution in [3.05, 3.63) is 23.6 Å². The van der Waals surface area contributed by atoms with Gasteiger partial charge in [0.2, 0.25) is 0 Å². The number of aliphatic hydroxyl groups is 1. The molecule has 0 aliphatic carbocycles. The van der Waals surface area contributed by atoms with Gasteiger partial charge in [-0.05, 0) is 25.9 Å². The first-order chi connectivity index (χ1) is 13.1. The van der Waals surface area contributed by atoms with Crippen LogP contribution in [-0.2, 0) is 19.9 Å². The highest BCUT2D eigenvalue weighted by Crippen LogP contribution is 2.30. The van der Waals surface area contributed by atoms with Crippen molar-refractivity contribution in [1.29, 1.82) is 0 Å². The molecule has 2 heterocycles. The number of fused-ring (bicyclic) bond motifs is 1. The Morgan fingerprint density at radius 3 is 2.75 bits per heavy atom. The van der Waals surface area contributed by atoms with Crippen molar-refractivity contribution < 1.29 is 33.1 Å². The number of oxazole rings is 1. The number of carbonyl (C=O) groups excluding carboxylic acids is 2. The Morgan fingerprint density at radius 1 is 1.46 bits per heavy atom. The Labute approximate surface area is 158 Å². The topological polar surface area (TPSA) is 133 Å². The van der Waals surface area contributed by atoms with Crippen LogP contribution in [-0.4, -0.2) is 47.5 Å². The van der Waals surface area contributed by atoms with Crippen LogP contribution in [0.3, 0.4) is 0 Å². The smallest absolute Gasteiger partial charge is 0.415 e. The molecule has 2 amide bonds. The largest absolute Gasteiger partial charge is 0.434 e. The molecule has 1 aromatic heterocycles. The third-order valence-corrected chi connectivity index (χ3v) is 4.07. The fourth-order valence-corrected chi connectivity index (χ4v) is 2.90. The van der Waals surface area contributed by atoms with Gasteiger partial charge in [-0.1, -0.05) is 0 Å². The van der Waals surface area contributed by atoms with Gasteiger partial charge in [-0.15, -0.1) is 0 Å². The Morgan fingerprint density at radius 2 is 2.18 bits per heavy atom. The van der Waals surface area contributed by atoms with Crippen molar-refractivity contribution in [3.8, 4) is 0 Å². The number of aromatic nitrogens is 1. The number of ether oxygens (including phenoxy) is 1. The normalized spacial score (nSPS) is 18.0. The molecule has 11 heteroatoms. The molecule has 1 fully saturated rings. The highest BCUT2D eigenvalue weighted by atomic mass is 19.1. The maximum Gasteiger partial charge on any atom is 0.415 e. The number of amides is 2. The van der Waals surface area contributed by atoms with Crippen molar-refractivity contribution in [2.24, 2.45) is 10.9 Å². The molecule has 10 nitrogen and oxygen atoms in total. The lowest BCUT2D eigenvalue weighted by Crippen LogP contribution is -2.33. The Bertz CT molecular complexity index is 990. The molecule has 0 spiro atoms. The third kappa shape index (κ3) is 3.52. The number of rotatable bonds is 5. The Kier molecular flexibility index (Phi) is 5.02. The average Bonchev–Trinajstić information content (AvgIpc) is 3.15. The number of anilines is 1. The van der Waals surface area contributed by atoms with Gasteiger partial charge < -0.3 is 24.8 Å². The number of halogens is 1. The molecule has 3 N–H and O–H groups in total. The van der Waals surface area contributed by atoms with Gasteiger partial charge in [-0.2, -0.15) is 0 Å². The van der Waals surface area contributed by atoms with E-state index < -0.39 is 29.5 Å². The van der Waals surface area contributed by atoms with E-state index >= 15 is 4.39 Å². The van der Waals surface area contributed by atoms with Crippen LogP contribution in [0.2, 0.25) is 0 Å². The summed E-state index contributed by atoms with van der Waals surface area (Å²) in [7, 11) is 0. The van der Waals surface area contributed by atoms with Crippen LogP contribution in [0.5, 0.6) is 0 Å². The summed E-state index contributed by atoms with van der Waals surface area (Å²) in [6, 6.07) is 2.58. The number of nitrogens with zero attached hydrogens (tertiary/aromatic N) is 3. The second-order valence-corrected chi connectivity index (χ2v) is 7.20. The van der Waals surface area contributed by atoms with Crippen LogP contribution in [0.1, 0.15) is 20.8 Å². The van der Waals surface area contributed by atoms with Crippen LogP contribution in [0.15, 0.2) is 21.7 Å². The number of hydrogen-bond acceptors (Lipinski definition) is 7. The van der Waals surface area contributed by atoms with Gasteiger partial charge in [0, 0.05) is 17.7 Å². The molecular formula is C17H21FN4O6. The van der Waals surface area contributed by atoms with Gasteiger partial charge in [0.05, 0.1) is 18.8 Å². The number of aliphatic hydroxyl groups excluding tert-OH is 1. The Balaban J connectivity index is 2.13. The van der Waals surface area contributed by atoms with E-state index in [1.54, 1.807) is 0 Å². The van der Waals surface area contributed by atoms with Gasteiger partial charge in [0.15, 0.2) is 17.5 Å². The summed E-state index contributed by atoms with van der Waals surface area (Å²) >= 11 is 0. The molecule has 1 aliphatic heterocycles. The van der Waals surface area contributed by atoms with E-state index in [1.165, 1.54) is 10.6 Å². The number of carbonyl (C=O) groups is 2. The van der Waals surface area contributed by atoms with Crippen LogP contribution < -0.4 is 16.3 Å². The fraction of sp³-hybridized carbons (Fsp3) is 0.471. The zero-order valence-corrected chi connectivity index (χ0v) is 15.6. The molecule has 0 bridgehead atoms. The Hall–Kier alpha value is -3.08. The number of cyclic esters (lactones) is 1. The number of nitrogens with two attached hydrogens (primary N) is 1. The zero-order valence-electron chi connectivity index (χ0n) is 15.6. The zero-order chi connectivity index (χ0) is 20.6. The molecule has 1 atom stereocenters. The van der Waals surface area contributed by atoms with Gasteiger partial charge in [-0.25, -0.2) is 9.18 Å². The third-order valence-electron chi connectivity index (χ3n) is 4.07. The summed E-state index contributed by atoms with van der Waals surface area (Å²) in [6.45, 7) is 5.07. The summed E-state index contributed by atoms with van der Waals surface area (Å²) in [6.07, 6.45) is -1.92. The molecular weight excluding hydrogens is 375 g/mol. The fourth-order valence-electron chi connectivity index (χ4n) is 2.90.